The Hall–Kier alpha value is -0.410. The summed E-state index contributed by atoms with van der Waals surface area (Å²) in [6, 6.07) is 0. The first kappa shape index (κ1) is 8.20. The fourth-order valence-corrected chi connectivity index (χ4v) is 2.87. The smallest absolute Gasteiger partial charge is 0.0900 e. The van der Waals surface area contributed by atoms with Crippen molar-refractivity contribution in [3.05, 3.63) is 15.6 Å². The van der Waals surface area contributed by atoms with Crippen LogP contribution in [0.15, 0.2) is 0 Å². The van der Waals surface area contributed by atoms with Crippen molar-refractivity contribution in [3.63, 3.8) is 0 Å². The summed E-state index contributed by atoms with van der Waals surface area (Å²) in [5.41, 5.74) is 7.28. The molecule has 0 spiro atoms. The molecule has 1 heterocycles. The Morgan fingerprint density at radius 2 is 2.17 bits per heavy atom. The second-order valence-electron chi connectivity index (χ2n) is 3.63. The van der Waals surface area contributed by atoms with Crippen LogP contribution < -0.4 is 5.73 Å². The van der Waals surface area contributed by atoms with Crippen LogP contribution >= 0.6 is 11.3 Å². The largest absolute Gasteiger partial charge is 0.330 e. The van der Waals surface area contributed by atoms with E-state index in [9.17, 15) is 0 Å². The minimum absolute atomic E-state index is 0.329. The maximum atomic E-state index is 5.76. The standard InChI is InChI=1S/C9H14N2S/c1-6-8(12-7(2)11-6)9(5-10)3-4-9/h3-5,10H2,1-2H3. The SMILES string of the molecule is Cc1nc(C)c(C2(CN)CC2)s1. The van der Waals surface area contributed by atoms with Crippen LogP contribution in [0.3, 0.4) is 0 Å². The van der Waals surface area contributed by atoms with Crippen molar-refractivity contribution in [2.24, 2.45) is 5.73 Å². The topological polar surface area (TPSA) is 38.9 Å². The number of aromatic nitrogens is 1. The highest BCUT2D eigenvalue weighted by Gasteiger charge is 2.45. The lowest BCUT2D eigenvalue weighted by molar-refractivity contribution is 0.712. The first-order valence-electron chi connectivity index (χ1n) is 4.32. The van der Waals surface area contributed by atoms with Crippen molar-refractivity contribution < 1.29 is 0 Å². The predicted octanol–water partition coefficient (Wildman–Crippen LogP) is 1.75. The van der Waals surface area contributed by atoms with Crippen molar-refractivity contribution in [1.29, 1.82) is 0 Å². The quantitative estimate of drug-likeness (QED) is 0.756. The first-order chi connectivity index (χ1) is 5.68. The van der Waals surface area contributed by atoms with Gasteiger partial charge in [0.05, 0.1) is 10.7 Å². The average Bonchev–Trinajstić information content (AvgIpc) is 2.74. The van der Waals surface area contributed by atoms with Crippen LogP contribution in [0.2, 0.25) is 0 Å². The lowest BCUT2D eigenvalue weighted by Gasteiger charge is -2.09. The Balaban J connectivity index is 2.39. The molecule has 12 heavy (non-hydrogen) atoms. The van der Waals surface area contributed by atoms with E-state index in [4.69, 9.17) is 5.73 Å². The molecule has 2 rings (SSSR count). The number of hydrogen-bond acceptors (Lipinski definition) is 3. The third-order valence-corrected chi connectivity index (χ3v) is 3.95. The number of aryl methyl sites for hydroxylation is 2. The van der Waals surface area contributed by atoms with Gasteiger partial charge in [0.2, 0.25) is 0 Å². The molecule has 66 valence electrons. The summed E-state index contributed by atoms with van der Waals surface area (Å²) < 4.78 is 0. The van der Waals surface area contributed by atoms with Gasteiger partial charge in [0.15, 0.2) is 0 Å². The van der Waals surface area contributed by atoms with E-state index < -0.39 is 0 Å². The highest BCUT2D eigenvalue weighted by Crippen LogP contribution is 2.50. The molecule has 0 saturated heterocycles. The molecule has 2 nitrogen and oxygen atoms in total. The van der Waals surface area contributed by atoms with Crippen molar-refractivity contribution in [3.8, 4) is 0 Å². The van der Waals surface area contributed by atoms with Crippen LogP contribution in [0.5, 0.6) is 0 Å². The second-order valence-corrected chi connectivity index (χ2v) is 4.84. The minimum Gasteiger partial charge on any atom is -0.330 e. The molecule has 0 aromatic carbocycles. The summed E-state index contributed by atoms with van der Waals surface area (Å²) in [6.07, 6.45) is 2.51. The summed E-state index contributed by atoms with van der Waals surface area (Å²) in [4.78, 5) is 5.86. The van der Waals surface area contributed by atoms with Crippen molar-refractivity contribution in [1.82, 2.24) is 4.98 Å². The van der Waals surface area contributed by atoms with Crippen molar-refractivity contribution in [2.75, 3.05) is 6.54 Å². The van der Waals surface area contributed by atoms with E-state index in [-0.39, 0.29) is 0 Å². The third kappa shape index (κ3) is 1.08. The first-order valence-corrected chi connectivity index (χ1v) is 5.14. The van der Waals surface area contributed by atoms with Gasteiger partial charge in [-0.1, -0.05) is 0 Å². The molecule has 0 radical (unpaired) electrons. The lowest BCUT2D eigenvalue weighted by Crippen LogP contribution is -2.19. The third-order valence-electron chi connectivity index (χ3n) is 2.63. The molecule has 1 fully saturated rings. The van der Waals surface area contributed by atoms with Gasteiger partial charge in [0.1, 0.15) is 0 Å². The Bertz CT molecular complexity index is 299. The molecule has 0 aliphatic heterocycles. The molecular weight excluding hydrogens is 168 g/mol. The van der Waals surface area contributed by atoms with Crippen LogP contribution in [-0.4, -0.2) is 11.5 Å². The Labute approximate surface area is 76.8 Å². The van der Waals surface area contributed by atoms with E-state index in [0.717, 1.165) is 6.54 Å². The van der Waals surface area contributed by atoms with Crippen LogP contribution in [0, 0.1) is 13.8 Å². The molecule has 1 aromatic rings. The van der Waals surface area contributed by atoms with Gasteiger partial charge < -0.3 is 5.73 Å². The van der Waals surface area contributed by atoms with Gasteiger partial charge >= 0.3 is 0 Å². The molecule has 0 amide bonds. The van der Waals surface area contributed by atoms with Gasteiger partial charge in [-0.3, -0.25) is 0 Å². The Kier molecular flexibility index (Phi) is 1.73. The lowest BCUT2D eigenvalue weighted by atomic mass is 10.0. The molecule has 1 saturated carbocycles. The minimum atomic E-state index is 0.329. The summed E-state index contributed by atoms with van der Waals surface area (Å²) in [5, 5.41) is 1.17. The van der Waals surface area contributed by atoms with Gasteiger partial charge in [0, 0.05) is 16.8 Å². The van der Waals surface area contributed by atoms with Gasteiger partial charge in [-0.15, -0.1) is 11.3 Å². The molecule has 0 unspecified atom stereocenters. The highest BCUT2D eigenvalue weighted by atomic mass is 32.1. The predicted molar refractivity (Wildman–Crippen MR) is 51.6 cm³/mol. The molecule has 1 aliphatic carbocycles. The number of nitrogens with zero attached hydrogens (tertiary/aromatic N) is 1. The zero-order chi connectivity index (χ0) is 8.77. The van der Waals surface area contributed by atoms with Crippen LogP contribution in [0.25, 0.3) is 0 Å². The van der Waals surface area contributed by atoms with Gasteiger partial charge in [0.25, 0.3) is 0 Å². The Morgan fingerprint density at radius 3 is 2.50 bits per heavy atom. The Morgan fingerprint density at radius 1 is 1.50 bits per heavy atom. The maximum absolute atomic E-state index is 5.76. The molecule has 0 bridgehead atoms. The molecule has 1 aliphatic rings. The molecule has 0 atom stereocenters. The maximum Gasteiger partial charge on any atom is 0.0900 e. The zero-order valence-electron chi connectivity index (χ0n) is 7.55. The molecule has 3 heteroatoms. The molecule has 1 aromatic heterocycles. The van der Waals surface area contributed by atoms with E-state index in [1.807, 2.05) is 11.3 Å². The summed E-state index contributed by atoms with van der Waals surface area (Å²) in [5.74, 6) is 0. The summed E-state index contributed by atoms with van der Waals surface area (Å²) in [6.45, 7) is 4.94. The number of rotatable bonds is 2. The fourth-order valence-electron chi connectivity index (χ4n) is 1.70. The highest BCUT2D eigenvalue weighted by molar-refractivity contribution is 7.11. The van der Waals surface area contributed by atoms with Crippen LogP contribution in [0.1, 0.15) is 28.4 Å². The number of hydrogen-bond donors (Lipinski definition) is 1. The van der Waals surface area contributed by atoms with Gasteiger partial charge in [-0.2, -0.15) is 0 Å². The molecule has 2 N–H and O–H groups in total. The normalized spacial score (nSPS) is 19.6. The number of nitrogens with two attached hydrogens (primary N) is 1. The second kappa shape index (κ2) is 2.54. The van der Waals surface area contributed by atoms with E-state index in [1.54, 1.807) is 0 Å². The monoisotopic (exact) mass is 182 g/mol. The van der Waals surface area contributed by atoms with E-state index in [0.29, 0.717) is 5.41 Å². The van der Waals surface area contributed by atoms with Gasteiger partial charge in [-0.05, 0) is 26.7 Å². The van der Waals surface area contributed by atoms with E-state index >= 15 is 0 Å². The van der Waals surface area contributed by atoms with Gasteiger partial charge in [-0.25, -0.2) is 4.98 Å². The van der Waals surface area contributed by atoms with E-state index in [2.05, 4.69) is 18.8 Å². The summed E-state index contributed by atoms with van der Waals surface area (Å²) in [7, 11) is 0. The number of thiazole rings is 1. The molecular formula is C9H14N2S. The average molecular weight is 182 g/mol. The fraction of sp³-hybridized carbons (Fsp3) is 0.667. The van der Waals surface area contributed by atoms with E-state index in [1.165, 1.54) is 28.4 Å². The van der Waals surface area contributed by atoms with Crippen molar-refractivity contribution in [2.45, 2.75) is 32.1 Å². The zero-order valence-corrected chi connectivity index (χ0v) is 8.37. The van der Waals surface area contributed by atoms with Crippen molar-refractivity contribution >= 4 is 11.3 Å². The van der Waals surface area contributed by atoms with Crippen LogP contribution in [-0.2, 0) is 5.41 Å². The summed E-state index contributed by atoms with van der Waals surface area (Å²) >= 11 is 1.82. The van der Waals surface area contributed by atoms with Crippen LogP contribution in [0.4, 0.5) is 0 Å².